The minimum Gasteiger partial charge on any atom is -0.302 e. The number of aryl methyl sites for hydroxylation is 1. The standard InChI is InChI=1S/C12H18N6O2/c1-8-3-5-12(6-4-8)10(19)13-11(20)18(12)7-9-14-16-17(2)15-9/h8H,3-7H2,1-2H3,(H,13,19,20). The molecule has 2 aliphatic rings. The molecule has 3 amide bonds. The van der Waals surface area contributed by atoms with Gasteiger partial charge in [-0.2, -0.15) is 4.80 Å². The van der Waals surface area contributed by atoms with Crippen LogP contribution in [0, 0.1) is 5.92 Å². The van der Waals surface area contributed by atoms with Gasteiger partial charge in [-0.3, -0.25) is 10.1 Å². The molecule has 1 aromatic rings. The van der Waals surface area contributed by atoms with Crippen molar-refractivity contribution in [1.29, 1.82) is 0 Å². The molecule has 1 aliphatic carbocycles. The summed E-state index contributed by atoms with van der Waals surface area (Å²) < 4.78 is 0. The van der Waals surface area contributed by atoms with Crippen LogP contribution >= 0.6 is 0 Å². The fourth-order valence-corrected chi connectivity index (χ4v) is 3.09. The lowest BCUT2D eigenvalue weighted by Crippen LogP contribution is -2.51. The van der Waals surface area contributed by atoms with E-state index in [2.05, 4.69) is 27.7 Å². The van der Waals surface area contributed by atoms with Gasteiger partial charge in [0.1, 0.15) is 5.54 Å². The van der Waals surface area contributed by atoms with Crippen LogP contribution in [0.15, 0.2) is 0 Å². The average Bonchev–Trinajstić information content (AvgIpc) is 2.91. The number of nitrogens with one attached hydrogen (secondary N) is 1. The number of rotatable bonds is 2. The Labute approximate surface area is 116 Å². The molecule has 0 atom stereocenters. The Kier molecular flexibility index (Phi) is 2.95. The van der Waals surface area contributed by atoms with Gasteiger partial charge < -0.3 is 4.90 Å². The van der Waals surface area contributed by atoms with Crippen molar-refractivity contribution in [3.05, 3.63) is 5.82 Å². The molecule has 8 heteroatoms. The zero-order valence-electron chi connectivity index (χ0n) is 11.7. The first-order valence-corrected chi connectivity index (χ1v) is 6.87. The third-order valence-corrected chi connectivity index (χ3v) is 4.36. The highest BCUT2D eigenvalue weighted by atomic mass is 16.2. The molecule has 0 radical (unpaired) electrons. The third kappa shape index (κ3) is 1.95. The molecule has 1 N–H and O–H groups in total. The molecular formula is C12H18N6O2. The van der Waals surface area contributed by atoms with Gasteiger partial charge in [0.2, 0.25) is 0 Å². The monoisotopic (exact) mass is 278 g/mol. The lowest BCUT2D eigenvalue weighted by Gasteiger charge is -2.39. The number of imide groups is 1. The van der Waals surface area contributed by atoms with Crippen LogP contribution in [0.1, 0.15) is 38.4 Å². The Morgan fingerprint density at radius 1 is 1.35 bits per heavy atom. The Morgan fingerprint density at radius 2 is 2.05 bits per heavy atom. The molecule has 1 saturated carbocycles. The van der Waals surface area contributed by atoms with E-state index in [1.54, 1.807) is 11.9 Å². The van der Waals surface area contributed by atoms with Crippen molar-refractivity contribution >= 4 is 11.9 Å². The van der Waals surface area contributed by atoms with Gasteiger partial charge in [0, 0.05) is 0 Å². The van der Waals surface area contributed by atoms with Crippen molar-refractivity contribution in [2.24, 2.45) is 13.0 Å². The van der Waals surface area contributed by atoms with Gasteiger partial charge in [-0.25, -0.2) is 4.79 Å². The van der Waals surface area contributed by atoms with Crippen molar-refractivity contribution in [3.63, 3.8) is 0 Å². The molecule has 2 heterocycles. The summed E-state index contributed by atoms with van der Waals surface area (Å²) in [7, 11) is 1.67. The first-order valence-electron chi connectivity index (χ1n) is 6.87. The fraction of sp³-hybridized carbons (Fsp3) is 0.750. The van der Waals surface area contributed by atoms with Gasteiger partial charge in [0.25, 0.3) is 5.91 Å². The van der Waals surface area contributed by atoms with E-state index in [-0.39, 0.29) is 18.5 Å². The lowest BCUT2D eigenvalue weighted by molar-refractivity contribution is -0.128. The van der Waals surface area contributed by atoms with Crippen LogP contribution in [-0.4, -0.2) is 42.6 Å². The van der Waals surface area contributed by atoms with Crippen molar-refractivity contribution in [2.75, 3.05) is 0 Å². The summed E-state index contributed by atoms with van der Waals surface area (Å²) >= 11 is 0. The van der Waals surface area contributed by atoms with Crippen molar-refractivity contribution < 1.29 is 9.59 Å². The molecule has 0 bridgehead atoms. The van der Waals surface area contributed by atoms with Crippen molar-refractivity contribution in [2.45, 2.75) is 44.7 Å². The highest BCUT2D eigenvalue weighted by Crippen LogP contribution is 2.39. The minimum absolute atomic E-state index is 0.182. The summed E-state index contributed by atoms with van der Waals surface area (Å²) in [4.78, 5) is 27.2. The van der Waals surface area contributed by atoms with E-state index in [1.807, 2.05) is 0 Å². The molecule has 1 aromatic heterocycles. The zero-order chi connectivity index (χ0) is 14.3. The summed E-state index contributed by atoms with van der Waals surface area (Å²) in [5, 5.41) is 14.2. The smallest absolute Gasteiger partial charge is 0.302 e. The first-order chi connectivity index (χ1) is 9.51. The molecule has 0 aromatic carbocycles. The quantitative estimate of drug-likeness (QED) is 0.781. The number of amides is 3. The van der Waals surface area contributed by atoms with Gasteiger partial charge in [-0.15, -0.1) is 10.2 Å². The lowest BCUT2D eigenvalue weighted by atomic mass is 9.76. The summed E-state index contributed by atoms with van der Waals surface area (Å²) in [6.45, 7) is 2.40. The highest BCUT2D eigenvalue weighted by Gasteiger charge is 2.53. The Bertz CT molecular complexity index is 546. The van der Waals surface area contributed by atoms with E-state index in [0.29, 0.717) is 24.6 Å². The predicted octanol–water partition coefficient (Wildman–Crippen LogP) is 0.211. The third-order valence-electron chi connectivity index (χ3n) is 4.36. The van der Waals surface area contributed by atoms with E-state index >= 15 is 0 Å². The van der Waals surface area contributed by atoms with Gasteiger partial charge in [0.05, 0.1) is 13.6 Å². The number of urea groups is 1. The molecule has 108 valence electrons. The van der Waals surface area contributed by atoms with Crippen LogP contribution in [0.25, 0.3) is 0 Å². The molecule has 3 rings (SSSR count). The maximum atomic E-state index is 12.2. The normalized spacial score (nSPS) is 30.1. The SMILES string of the molecule is CC1CCC2(CC1)C(=O)NC(=O)N2Cc1nnn(C)n1. The molecule has 20 heavy (non-hydrogen) atoms. The molecule has 1 spiro atoms. The molecular weight excluding hydrogens is 260 g/mol. The summed E-state index contributed by atoms with van der Waals surface area (Å²) in [6.07, 6.45) is 3.30. The van der Waals surface area contributed by atoms with E-state index in [1.165, 1.54) is 4.80 Å². The van der Waals surface area contributed by atoms with Crippen LogP contribution < -0.4 is 5.32 Å². The summed E-state index contributed by atoms with van der Waals surface area (Å²) in [5.41, 5.74) is -0.719. The molecule has 2 fully saturated rings. The Balaban J connectivity index is 1.86. The fourth-order valence-electron chi connectivity index (χ4n) is 3.09. The minimum atomic E-state index is -0.719. The van der Waals surface area contributed by atoms with E-state index in [0.717, 1.165) is 12.8 Å². The van der Waals surface area contributed by atoms with Gasteiger partial charge in [-0.05, 0) is 36.8 Å². The summed E-state index contributed by atoms with van der Waals surface area (Å²) in [6, 6.07) is -0.350. The Hall–Kier alpha value is -1.99. The largest absolute Gasteiger partial charge is 0.325 e. The average molecular weight is 278 g/mol. The number of hydrogen-bond acceptors (Lipinski definition) is 5. The van der Waals surface area contributed by atoms with Gasteiger partial charge in [0.15, 0.2) is 5.82 Å². The van der Waals surface area contributed by atoms with Crippen LogP contribution in [0.5, 0.6) is 0 Å². The number of nitrogens with zero attached hydrogens (tertiary/aromatic N) is 5. The van der Waals surface area contributed by atoms with E-state index < -0.39 is 5.54 Å². The molecule has 1 saturated heterocycles. The first kappa shape index (κ1) is 13.0. The molecule has 8 nitrogen and oxygen atoms in total. The summed E-state index contributed by atoms with van der Waals surface area (Å²) in [5.74, 6) is 0.870. The maximum absolute atomic E-state index is 12.2. The van der Waals surface area contributed by atoms with Crippen molar-refractivity contribution in [1.82, 2.24) is 30.4 Å². The predicted molar refractivity (Wildman–Crippen MR) is 68.2 cm³/mol. The Morgan fingerprint density at radius 3 is 2.65 bits per heavy atom. The second-order valence-electron chi connectivity index (χ2n) is 5.75. The number of hydrogen-bond donors (Lipinski definition) is 1. The van der Waals surface area contributed by atoms with E-state index in [4.69, 9.17) is 0 Å². The topological polar surface area (TPSA) is 93.0 Å². The number of tetrazole rings is 1. The second-order valence-corrected chi connectivity index (χ2v) is 5.75. The number of aromatic nitrogens is 4. The zero-order valence-corrected chi connectivity index (χ0v) is 11.7. The van der Waals surface area contributed by atoms with Gasteiger partial charge in [-0.1, -0.05) is 6.92 Å². The van der Waals surface area contributed by atoms with Crippen molar-refractivity contribution in [3.8, 4) is 0 Å². The van der Waals surface area contributed by atoms with Crippen LogP contribution in [0.4, 0.5) is 4.79 Å². The number of carbonyl (C=O) groups excluding carboxylic acids is 2. The van der Waals surface area contributed by atoms with E-state index in [9.17, 15) is 9.59 Å². The van der Waals surface area contributed by atoms with Crippen LogP contribution in [0.3, 0.4) is 0 Å². The molecule has 0 unspecified atom stereocenters. The molecule has 1 aliphatic heterocycles. The maximum Gasteiger partial charge on any atom is 0.325 e. The second kappa shape index (κ2) is 4.53. The van der Waals surface area contributed by atoms with Gasteiger partial charge >= 0.3 is 6.03 Å². The highest BCUT2D eigenvalue weighted by molar-refractivity contribution is 6.07. The van der Waals surface area contributed by atoms with Crippen LogP contribution in [0.2, 0.25) is 0 Å². The number of carbonyl (C=O) groups is 2. The van der Waals surface area contributed by atoms with Crippen LogP contribution in [-0.2, 0) is 18.4 Å².